The molecule has 0 atom stereocenters. The molecule has 0 radical (unpaired) electrons. The lowest BCUT2D eigenvalue weighted by molar-refractivity contribution is -0.150. The van der Waals surface area contributed by atoms with E-state index in [2.05, 4.69) is 13.8 Å². The summed E-state index contributed by atoms with van der Waals surface area (Å²) in [6, 6.07) is 0. The van der Waals surface area contributed by atoms with E-state index in [0.29, 0.717) is 13.2 Å². The Labute approximate surface area is 180 Å². The van der Waals surface area contributed by atoms with Crippen LogP contribution in [0.4, 0.5) is 0 Å². The summed E-state index contributed by atoms with van der Waals surface area (Å²) < 4.78 is 10.3. The molecule has 4 nitrogen and oxygen atoms in total. The summed E-state index contributed by atoms with van der Waals surface area (Å²) in [6.07, 6.45) is 21.5. The van der Waals surface area contributed by atoms with Gasteiger partial charge in [0.25, 0.3) is 0 Å². The molecule has 0 saturated carbocycles. The van der Waals surface area contributed by atoms with Crippen molar-refractivity contribution in [3.8, 4) is 0 Å². The molecule has 0 aromatic heterocycles. The SMILES string of the molecule is CCCCCCCCCCCCCCCOC(=O)CCC(=O)OCCCCCC. The van der Waals surface area contributed by atoms with E-state index in [0.717, 1.165) is 25.7 Å². The third kappa shape index (κ3) is 23.1. The molecule has 172 valence electrons. The molecule has 0 aliphatic rings. The first kappa shape index (κ1) is 27.9. The van der Waals surface area contributed by atoms with Crippen LogP contribution in [0, 0.1) is 0 Å². The Morgan fingerprint density at radius 2 is 0.724 bits per heavy atom. The molecule has 0 aromatic rings. The molecule has 0 aliphatic heterocycles. The summed E-state index contributed by atoms with van der Waals surface area (Å²) >= 11 is 0. The number of rotatable bonds is 22. The molecular weight excluding hydrogens is 364 g/mol. The van der Waals surface area contributed by atoms with Crippen molar-refractivity contribution in [3.05, 3.63) is 0 Å². The molecule has 0 aliphatic carbocycles. The van der Waals surface area contributed by atoms with Crippen LogP contribution in [0.15, 0.2) is 0 Å². The summed E-state index contributed by atoms with van der Waals surface area (Å²) in [5.74, 6) is -0.578. The van der Waals surface area contributed by atoms with E-state index in [1.807, 2.05) is 0 Å². The van der Waals surface area contributed by atoms with E-state index in [1.165, 1.54) is 83.5 Å². The first-order chi connectivity index (χ1) is 14.2. The quantitative estimate of drug-likeness (QED) is 0.136. The Morgan fingerprint density at radius 3 is 1.07 bits per heavy atom. The third-order valence-corrected chi connectivity index (χ3v) is 5.31. The number of hydrogen-bond donors (Lipinski definition) is 0. The van der Waals surface area contributed by atoms with Gasteiger partial charge in [0.15, 0.2) is 0 Å². The molecule has 0 aromatic carbocycles. The molecule has 0 unspecified atom stereocenters. The minimum absolute atomic E-state index is 0.130. The number of carbonyl (C=O) groups is 2. The van der Waals surface area contributed by atoms with Crippen LogP contribution in [0.1, 0.15) is 136 Å². The zero-order valence-electron chi connectivity index (χ0n) is 19.5. The second-order valence-electron chi connectivity index (χ2n) is 8.24. The topological polar surface area (TPSA) is 52.6 Å². The van der Waals surface area contributed by atoms with Gasteiger partial charge in [-0.15, -0.1) is 0 Å². The van der Waals surface area contributed by atoms with Gasteiger partial charge in [0, 0.05) is 0 Å². The summed E-state index contributed by atoms with van der Waals surface area (Å²) in [5, 5.41) is 0. The molecule has 0 bridgehead atoms. The van der Waals surface area contributed by atoms with Crippen molar-refractivity contribution in [1.29, 1.82) is 0 Å². The minimum Gasteiger partial charge on any atom is -0.466 e. The van der Waals surface area contributed by atoms with Crippen molar-refractivity contribution >= 4 is 11.9 Å². The zero-order chi connectivity index (χ0) is 21.4. The van der Waals surface area contributed by atoms with Gasteiger partial charge in [0.05, 0.1) is 26.1 Å². The smallest absolute Gasteiger partial charge is 0.306 e. The van der Waals surface area contributed by atoms with E-state index >= 15 is 0 Å². The Morgan fingerprint density at radius 1 is 0.448 bits per heavy atom. The van der Waals surface area contributed by atoms with E-state index in [1.54, 1.807) is 0 Å². The first-order valence-corrected chi connectivity index (χ1v) is 12.5. The molecular formula is C25H48O4. The van der Waals surface area contributed by atoms with Gasteiger partial charge in [-0.25, -0.2) is 0 Å². The largest absolute Gasteiger partial charge is 0.466 e. The van der Waals surface area contributed by atoms with Crippen molar-refractivity contribution in [1.82, 2.24) is 0 Å². The van der Waals surface area contributed by atoms with E-state index < -0.39 is 0 Å². The number of carbonyl (C=O) groups excluding carboxylic acids is 2. The molecule has 0 saturated heterocycles. The lowest BCUT2D eigenvalue weighted by Crippen LogP contribution is -2.11. The maximum atomic E-state index is 11.7. The van der Waals surface area contributed by atoms with Gasteiger partial charge in [-0.1, -0.05) is 110 Å². The van der Waals surface area contributed by atoms with Crippen LogP contribution in [0.3, 0.4) is 0 Å². The average molecular weight is 413 g/mol. The van der Waals surface area contributed by atoms with Crippen LogP contribution in [-0.2, 0) is 19.1 Å². The number of hydrogen-bond acceptors (Lipinski definition) is 4. The molecule has 0 fully saturated rings. The Kier molecular flexibility index (Phi) is 22.4. The van der Waals surface area contributed by atoms with E-state index in [9.17, 15) is 9.59 Å². The van der Waals surface area contributed by atoms with E-state index in [-0.39, 0.29) is 24.8 Å². The maximum Gasteiger partial charge on any atom is 0.306 e. The number of esters is 2. The highest BCUT2D eigenvalue weighted by molar-refractivity contribution is 5.77. The molecule has 0 amide bonds. The van der Waals surface area contributed by atoms with Crippen LogP contribution in [0.25, 0.3) is 0 Å². The fourth-order valence-electron chi connectivity index (χ4n) is 3.37. The highest BCUT2D eigenvalue weighted by Crippen LogP contribution is 2.12. The lowest BCUT2D eigenvalue weighted by atomic mass is 10.0. The van der Waals surface area contributed by atoms with Crippen LogP contribution in [0.2, 0.25) is 0 Å². The monoisotopic (exact) mass is 412 g/mol. The lowest BCUT2D eigenvalue weighted by Gasteiger charge is -2.06. The predicted molar refractivity (Wildman–Crippen MR) is 121 cm³/mol. The van der Waals surface area contributed by atoms with Crippen molar-refractivity contribution < 1.29 is 19.1 Å². The second-order valence-corrected chi connectivity index (χ2v) is 8.24. The molecule has 4 heteroatoms. The number of ether oxygens (including phenoxy) is 2. The first-order valence-electron chi connectivity index (χ1n) is 12.5. The number of unbranched alkanes of at least 4 members (excludes halogenated alkanes) is 15. The molecule has 0 heterocycles. The highest BCUT2D eigenvalue weighted by Gasteiger charge is 2.08. The molecule has 29 heavy (non-hydrogen) atoms. The van der Waals surface area contributed by atoms with Gasteiger partial charge in [-0.05, 0) is 12.8 Å². The van der Waals surface area contributed by atoms with Gasteiger partial charge in [0.2, 0.25) is 0 Å². The molecule has 0 N–H and O–H groups in total. The van der Waals surface area contributed by atoms with E-state index in [4.69, 9.17) is 9.47 Å². The average Bonchev–Trinajstić information content (AvgIpc) is 2.72. The predicted octanol–water partition coefficient (Wildman–Crippen LogP) is 7.52. The fourth-order valence-corrected chi connectivity index (χ4v) is 3.37. The Hall–Kier alpha value is -1.06. The van der Waals surface area contributed by atoms with Crippen molar-refractivity contribution in [2.75, 3.05) is 13.2 Å². The van der Waals surface area contributed by atoms with Crippen LogP contribution >= 0.6 is 0 Å². The normalized spacial score (nSPS) is 10.8. The van der Waals surface area contributed by atoms with Crippen LogP contribution in [0.5, 0.6) is 0 Å². The van der Waals surface area contributed by atoms with Crippen molar-refractivity contribution in [2.45, 2.75) is 136 Å². The highest BCUT2D eigenvalue weighted by atomic mass is 16.5. The summed E-state index contributed by atoms with van der Waals surface area (Å²) in [4.78, 5) is 23.2. The van der Waals surface area contributed by atoms with Gasteiger partial charge < -0.3 is 9.47 Å². The Balaban J connectivity index is 3.26. The summed E-state index contributed by atoms with van der Waals surface area (Å²) in [7, 11) is 0. The van der Waals surface area contributed by atoms with Gasteiger partial charge in [0.1, 0.15) is 0 Å². The summed E-state index contributed by atoms with van der Waals surface area (Å²) in [6.45, 7) is 5.35. The standard InChI is InChI=1S/C25H48O4/c1-3-5-7-9-10-11-12-13-14-15-16-17-19-23-29-25(27)21-20-24(26)28-22-18-8-6-4-2/h3-23H2,1-2H3. The van der Waals surface area contributed by atoms with Crippen molar-refractivity contribution in [2.24, 2.45) is 0 Å². The van der Waals surface area contributed by atoms with Crippen LogP contribution < -0.4 is 0 Å². The third-order valence-electron chi connectivity index (χ3n) is 5.31. The van der Waals surface area contributed by atoms with Crippen LogP contribution in [-0.4, -0.2) is 25.2 Å². The summed E-state index contributed by atoms with van der Waals surface area (Å²) in [5.41, 5.74) is 0. The molecule has 0 spiro atoms. The van der Waals surface area contributed by atoms with Crippen molar-refractivity contribution in [3.63, 3.8) is 0 Å². The zero-order valence-corrected chi connectivity index (χ0v) is 19.5. The molecule has 0 rings (SSSR count). The minimum atomic E-state index is -0.292. The second kappa shape index (κ2) is 23.2. The van der Waals surface area contributed by atoms with Gasteiger partial charge in [-0.3, -0.25) is 9.59 Å². The maximum absolute atomic E-state index is 11.7. The fraction of sp³-hybridized carbons (Fsp3) is 0.920. The van der Waals surface area contributed by atoms with Gasteiger partial charge in [-0.2, -0.15) is 0 Å². The van der Waals surface area contributed by atoms with Gasteiger partial charge >= 0.3 is 11.9 Å². The Bertz CT molecular complexity index is 368.